The Balaban J connectivity index is 2.03. The van der Waals surface area contributed by atoms with Crippen molar-refractivity contribution >= 4 is 23.5 Å². The van der Waals surface area contributed by atoms with Gasteiger partial charge in [0.1, 0.15) is 5.69 Å². The Hall–Kier alpha value is -3.09. The van der Waals surface area contributed by atoms with Crippen LogP contribution in [0.5, 0.6) is 0 Å². The van der Waals surface area contributed by atoms with Gasteiger partial charge in [-0.2, -0.15) is 0 Å². The van der Waals surface area contributed by atoms with Crippen LogP contribution in [0.25, 0.3) is 0 Å². The van der Waals surface area contributed by atoms with Gasteiger partial charge in [0.05, 0.1) is 12.2 Å². The first-order chi connectivity index (χ1) is 12.7. The van der Waals surface area contributed by atoms with E-state index >= 15 is 0 Å². The Labute approximate surface area is 158 Å². The van der Waals surface area contributed by atoms with E-state index in [2.05, 4.69) is 10.3 Å². The van der Waals surface area contributed by atoms with Crippen LogP contribution in [0.3, 0.4) is 0 Å². The largest absolute Gasteiger partial charge is 0.462 e. The number of rotatable bonds is 6. The molecule has 2 rings (SSSR count). The van der Waals surface area contributed by atoms with Crippen LogP contribution >= 0.6 is 0 Å². The molecule has 0 unspecified atom stereocenters. The normalized spacial score (nSPS) is 10.4. The van der Waals surface area contributed by atoms with Crippen molar-refractivity contribution < 1.29 is 23.9 Å². The number of esters is 2. The van der Waals surface area contributed by atoms with Crippen molar-refractivity contribution in [2.45, 2.75) is 34.6 Å². The number of anilines is 1. The van der Waals surface area contributed by atoms with Crippen molar-refractivity contribution in [2.75, 3.05) is 18.5 Å². The van der Waals surface area contributed by atoms with Crippen LogP contribution in [0.4, 0.5) is 5.69 Å². The highest BCUT2D eigenvalue weighted by atomic mass is 16.5. The number of aromatic nitrogens is 1. The Morgan fingerprint density at radius 2 is 1.74 bits per heavy atom. The number of aryl methyl sites for hydroxylation is 3. The molecule has 7 nitrogen and oxygen atoms in total. The first-order valence-electron chi connectivity index (χ1n) is 8.65. The van der Waals surface area contributed by atoms with Gasteiger partial charge in [-0.25, -0.2) is 9.59 Å². The molecule has 1 aromatic carbocycles. The zero-order chi connectivity index (χ0) is 20.1. The third kappa shape index (κ3) is 4.75. The molecule has 2 aromatic rings. The number of H-pyrrole nitrogens is 1. The quantitative estimate of drug-likeness (QED) is 0.759. The summed E-state index contributed by atoms with van der Waals surface area (Å²) in [4.78, 5) is 39.2. The van der Waals surface area contributed by atoms with Crippen LogP contribution in [-0.4, -0.2) is 36.0 Å². The van der Waals surface area contributed by atoms with Gasteiger partial charge in [0.15, 0.2) is 6.61 Å². The van der Waals surface area contributed by atoms with E-state index < -0.39 is 24.5 Å². The van der Waals surface area contributed by atoms with E-state index in [4.69, 9.17) is 9.47 Å². The molecule has 0 fully saturated rings. The second-order valence-electron chi connectivity index (χ2n) is 6.29. The molecule has 27 heavy (non-hydrogen) atoms. The molecule has 0 radical (unpaired) electrons. The molecule has 0 saturated carbocycles. The number of benzene rings is 1. The molecule has 144 valence electrons. The second kappa shape index (κ2) is 8.53. The molecule has 0 aliphatic rings. The average Bonchev–Trinajstić information content (AvgIpc) is 2.91. The lowest BCUT2D eigenvalue weighted by molar-refractivity contribution is -0.119. The summed E-state index contributed by atoms with van der Waals surface area (Å²) in [6.45, 7) is 8.61. The van der Waals surface area contributed by atoms with Gasteiger partial charge in [0.2, 0.25) is 0 Å². The Bertz CT molecular complexity index is 883. The number of amides is 1. The summed E-state index contributed by atoms with van der Waals surface area (Å²) >= 11 is 0. The van der Waals surface area contributed by atoms with Crippen molar-refractivity contribution in [3.8, 4) is 0 Å². The number of carbonyl (C=O) groups excluding carboxylic acids is 3. The number of aromatic amines is 1. The minimum atomic E-state index is -0.706. The van der Waals surface area contributed by atoms with Crippen LogP contribution in [0.15, 0.2) is 18.2 Å². The highest BCUT2D eigenvalue weighted by Gasteiger charge is 2.24. The maximum atomic E-state index is 12.3. The fourth-order valence-electron chi connectivity index (χ4n) is 2.72. The minimum absolute atomic E-state index is 0.134. The van der Waals surface area contributed by atoms with Gasteiger partial charge in [-0.05, 0) is 57.4 Å². The van der Waals surface area contributed by atoms with Crippen molar-refractivity contribution in [2.24, 2.45) is 0 Å². The third-order valence-corrected chi connectivity index (χ3v) is 4.12. The topological polar surface area (TPSA) is 97.5 Å². The summed E-state index contributed by atoms with van der Waals surface area (Å²) in [6.07, 6.45) is 0. The highest BCUT2D eigenvalue weighted by Crippen LogP contribution is 2.20. The molecule has 1 aromatic heterocycles. The van der Waals surface area contributed by atoms with Crippen LogP contribution in [0.1, 0.15) is 50.2 Å². The summed E-state index contributed by atoms with van der Waals surface area (Å²) in [5, 5.41) is 2.72. The first kappa shape index (κ1) is 20.2. The maximum absolute atomic E-state index is 12.3. The molecule has 0 aliphatic carbocycles. The molecule has 0 spiro atoms. The number of ether oxygens (including phenoxy) is 2. The SMILES string of the molecule is CCOC(=O)c1c(C)[nH]c(C(=O)OCC(=O)Nc2cc(C)ccc2C)c1C. The molecule has 0 saturated heterocycles. The summed E-state index contributed by atoms with van der Waals surface area (Å²) in [6, 6.07) is 5.70. The zero-order valence-corrected chi connectivity index (χ0v) is 16.2. The lowest BCUT2D eigenvalue weighted by Gasteiger charge is -2.10. The summed E-state index contributed by atoms with van der Waals surface area (Å²) in [7, 11) is 0. The molecule has 1 amide bonds. The van der Waals surface area contributed by atoms with E-state index in [1.165, 1.54) is 0 Å². The number of carbonyl (C=O) groups is 3. The third-order valence-electron chi connectivity index (χ3n) is 4.12. The fourth-order valence-corrected chi connectivity index (χ4v) is 2.72. The summed E-state index contributed by atoms with van der Waals surface area (Å²) < 4.78 is 10.1. The number of hydrogen-bond acceptors (Lipinski definition) is 5. The standard InChI is InChI=1S/C20H24N2O5/c1-6-26-19(24)17-13(4)18(21-14(17)5)20(25)27-10-16(23)22-15-9-11(2)7-8-12(15)3/h7-9,21H,6,10H2,1-5H3,(H,22,23). The smallest absolute Gasteiger partial charge is 0.355 e. The van der Waals surface area contributed by atoms with Crippen molar-refractivity contribution in [3.63, 3.8) is 0 Å². The van der Waals surface area contributed by atoms with E-state index in [1.807, 2.05) is 32.0 Å². The Morgan fingerprint density at radius 1 is 1.04 bits per heavy atom. The predicted octanol–water partition coefficient (Wildman–Crippen LogP) is 3.22. The molecule has 0 bridgehead atoms. The van der Waals surface area contributed by atoms with Crippen LogP contribution in [-0.2, 0) is 14.3 Å². The lowest BCUT2D eigenvalue weighted by Crippen LogP contribution is -2.22. The Morgan fingerprint density at radius 3 is 2.41 bits per heavy atom. The average molecular weight is 372 g/mol. The molecule has 2 N–H and O–H groups in total. The highest BCUT2D eigenvalue weighted by molar-refractivity contribution is 6.00. The van der Waals surface area contributed by atoms with E-state index in [0.29, 0.717) is 22.5 Å². The summed E-state index contributed by atoms with van der Waals surface area (Å²) in [5.74, 6) is -1.65. The molecule has 1 heterocycles. The predicted molar refractivity (Wildman–Crippen MR) is 101 cm³/mol. The van der Waals surface area contributed by atoms with Gasteiger partial charge >= 0.3 is 11.9 Å². The molecular formula is C20H24N2O5. The number of hydrogen-bond donors (Lipinski definition) is 2. The van der Waals surface area contributed by atoms with E-state index in [9.17, 15) is 14.4 Å². The van der Waals surface area contributed by atoms with Gasteiger partial charge < -0.3 is 19.8 Å². The van der Waals surface area contributed by atoms with Crippen molar-refractivity contribution in [1.82, 2.24) is 4.98 Å². The second-order valence-corrected chi connectivity index (χ2v) is 6.29. The van der Waals surface area contributed by atoms with Crippen molar-refractivity contribution in [3.05, 3.63) is 51.8 Å². The van der Waals surface area contributed by atoms with Crippen LogP contribution < -0.4 is 5.32 Å². The van der Waals surface area contributed by atoms with Gasteiger partial charge in [-0.15, -0.1) is 0 Å². The molecule has 0 aliphatic heterocycles. The van der Waals surface area contributed by atoms with Gasteiger partial charge in [-0.3, -0.25) is 4.79 Å². The summed E-state index contributed by atoms with van der Waals surface area (Å²) in [5.41, 5.74) is 3.99. The lowest BCUT2D eigenvalue weighted by atomic mass is 10.1. The number of nitrogens with one attached hydrogen (secondary N) is 2. The monoisotopic (exact) mass is 372 g/mol. The zero-order valence-electron chi connectivity index (χ0n) is 16.2. The van der Waals surface area contributed by atoms with Gasteiger partial charge in [0.25, 0.3) is 5.91 Å². The maximum Gasteiger partial charge on any atom is 0.355 e. The van der Waals surface area contributed by atoms with E-state index in [0.717, 1.165) is 11.1 Å². The molecule has 0 atom stereocenters. The first-order valence-corrected chi connectivity index (χ1v) is 8.65. The molecular weight excluding hydrogens is 348 g/mol. The van der Waals surface area contributed by atoms with Crippen molar-refractivity contribution in [1.29, 1.82) is 0 Å². The van der Waals surface area contributed by atoms with Gasteiger partial charge in [0, 0.05) is 11.4 Å². The van der Waals surface area contributed by atoms with E-state index in [-0.39, 0.29) is 12.3 Å². The molecule has 7 heteroatoms. The van der Waals surface area contributed by atoms with Crippen LogP contribution in [0.2, 0.25) is 0 Å². The van der Waals surface area contributed by atoms with Gasteiger partial charge in [-0.1, -0.05) is 12.1 Å². The van der Waals surface area contributed by atoms with E-state index in [1.54, 1.807) is 20.8 Å². The van der Waals surface area contributed by atoms with Crippen LogP contribution in [0, 0.1) is 27.7 Å². The fraction of sp³-hybridized carbons (Fsp3) is 0.350. The Kier molecular flexibility index (Phi) is 6.39. The minimum Gasteiger partial charge on any atom is -0.462 e.